The number of rotatable bonds is 4. The summed E-state index contributed by atoms with van der Waals surface area (Å²) >= 11 is 5.98. The lowest BCUT2D eigenvalue weighted by Crippen LogP contribution is -2.51. The van der Waals surface area contributed by atoms with Crippen molar-refractivity contribution in [3.63, 3.8) is 0 Å². The summed E-state index contributed by atoms with van der Waals surface area (Å²) in [4.78, 5) is 26.9. The van der Waals surface area contributed by atoms with Gasteiger partial charge in [-0.15, -0.1) is 0 Å². The zero-order valence-corrected chi connectivity index (χ0v) is 17.4. The summed E-state index contributed by atoms with van der Waals surface area (Å²) in [6, 6.07) is 6.72. The quantitative estimate of drug-likeness (QED) is 0.848. The molecule has 0 radical (unpaired) electrons. The van der Waals surface area contributed by atoms with Crippen molar-refractivity contribution in [3.8, 4) is 0 Å². The minimum atomic E-state index is -0.843. The minimum Gasteiger partial charge on any atom is -0.356 e. The molecule has 1 N–H and O–H groups in total. The van der Waals surface area contributed by atoms with Crippen LogP contribution in [0.25, 0.3) is 0 Å². The molecule has 150 valence electrons. The first-order valence-electron chi connectivity index (χ1n) is 9.20. The van der Waals surface area contributed by atoms with Crippen molar-refractivity contribution in [1.29, 1.82) is 0 Å². The monoisotopic (exact) mass is 404 g/mol. The van der Waals surface area contributed by atoms with Crippen molar-refractivity contribution in [3.05, 3.63) is 46.2 Å². The maximum atomic E-state index is 13.1. The topological polar surface area (TPSA) is 76.5 Å². The minimum absolute atomic E-state index is 0.137. The molecule has 2 heterocycles. The fourth-order valence-corrected chi connectivity index (χ4v) is 3.66. The SMILES string of the molecule is Cc1nn(C(C)C)c(C)c1NC(=O)[C@H]1OCC(=O)N(C)[C@@H]1c1ccc(Cl)cc1. The van der Waals surface area contributed by atoms with Gasteiger partial charge >= 0.3 is 0 Å². The summed E-state index contributed by atoms with van der Waals surface area (Å²) < 4.78 is 7.54. The number of hydrogen-bond donors (Lipinski definition) is 1. The Hall–Kier alpha value is -2.38. The van der Waals surface area contributed by atoms with Gasteiger partial charge in [0.15, 0.2) is 6.10 Å². The Bertz CT molecular complexity index is 892. The molecule has 1 aromatic heterocycles. The largest absolute Gasteiger partial charge is 0.356 e. The van der Waals surface area contributed by atoms with Crippen LogP contribution in [0.1, 0.15) is 42.9 Å². The Morgan fingerprint density at radius 1 is 1.29 bits per heavy atom. The number of aryl methyl sites for hydroxylation is 1. The molecular weight excluding hydrogens is 380 g/mol. The summed E-state index contributed by atoms with van der Waals surface area (Å²) in [6.45, 7) is 7.71. The van der Waals surface area contributed by atoms with E-state index in [0.29, 0.717) is 10.7 Å². The van der Waals surface area contributed by atoms with Gasteiger partial charge in [0.05, 0.1) is 23.1 Å². The highest BCUT2D eigenvalue weighted by Crippen LogP contribution is 2.31. The van der Waals surface area contributed by atoms with E-state index in [-0.39, 0.29) is 24.5 Å². The molecule has 0 aliphatic carbocycles. The molecule has 7 nitrogen and oxygen atoms in total. The number of nitrogens with zero attached hydrogens (tertiary/aromatic N) is 3. The van der Waals surface area contributed by atoms with Crippen LogP contribution in [0, 0.1) is 13.8 Å². The molecule has 1 saturated heterocycles. The average molecular weight is 405 g/mol. The molecule has 0 saturated carbocycles. The summed E-state index contributed by atoms with van der Waals surface area (Å²) in [5, 5.41) is 8.05. The number of carbonyl (C=O) groups is 2. The predicted octanol–water partition coefficient (Wildman–Crippen LogP) is 3.27. The summed E-state index contributed by atoms with van der Waals surface area (Å²) in [6.07, 6.45) is -0.843. The number of amides is 2. The summed E-state index contributed by atoms with van der Waals surface area (Å²) in [5.74, 6) is -0.488. The van der Waals surface area contributed by atoms with Gasteiger partial charge in [0, 0.05) is 18.1 Å². The lowest BCUT2D eigenvalue weighted by Gasteiger charge is -2.38. The van der Waals surface area contributed by atoms with Crippen molar-refractivity contribution < 1.29 is 14.3 Å². The second kappa shape index (κ2) is 7.93. The van der Waals surface area contributed by atoms with E-state index in [4.69, 9.17) is 16.3 Å². The lowest BCUT2D eigenvalue weighted by molar-refractivity contribution is -0.160. The van der Waals surface area contributed by atoms with Gasteiger partial charge in [-0.25, -0.2) is 0 Å². The maximum absolute atomic E-state index is 13.1. The Morgan fingerprint density at radius 3 is 2.50 bits per heavy atom. The van der Waals surface area contributed by atoms with Crippen LogP contribution in [-0.4, -0.2) is 46.3 Å². The molecule has 2 aromatic rings. The first-order chi connectivity index (χ1) is 13.2. The van der Waals surface area contributed by atoms with Crippen LogP contribution in [0.15, 0.2) is 24.3 Å². The number of ether oxygens (including phenoxy) is 1. The van der Waals surface area contributed by atoms with Crippen LogP contribution in [0.3, 0.4) is 0 Å². The smallest absolute Gasteiger partial charge is 0.256 e. The first-order valence-corrected chi connectivity index (χ1v) is 9.57. The number of likely N-dealkylation sites (N-methyl/N-ethyl adjacent to an activating group) is 1. The van der Waals surface area contributed by atoms with Crippen LogP contribution in [-0.2, 0) is 14.3 Å². The zero-order chi connectivity index (χ0) is 20.6. The van der Waals surface area contributed by atoms with E-state index in [1.807, 2.05) is 32.4 Å². The van der Waals surface area contributed by atoms with Crippen LogP contribution in [0.5, 0.6) is 0 Å². The molecule has 3 rings (SSSR count). The van der Waals surface area contributed by atoms with Crippen molar-refractivity contribution >= 4 is 29.1 Å². The number of anilines is 1. The Balaban J connectivity index is 1.91. The third kappa shape index (κ3) is 3.77. The highest BCUT2D eigenvalue weighted by Gasteiger charge is 2.40. The Kier molecular flexibility index (Phi) is 5.76. The Labute approximate surface area is 169 Å². The fraction of sp³-hybridized carbons (Fsp3) is 0.450. The summed E-state index contributed by atoms with van der Waals surface area (Å²) in [5.41, 5.74) is 3.08. The molecule has 0 spiro atoms. The van der Waals surface area contributed by atoms with Gasteiger partial charge in [0.2, 0.25) is 5.91 Å². The van der Waals surface area contributed by atoms with E-state index in [2.05, 4.69) is 10.4 Å². The molecular formula is C20H25ClN4O3. The Morgan fingerprint density at radius 2 is 1.93 bits per heavy atom. The van der Waals surface area contributed by atoms with Crippen LogP contribution in [0.2, 0.25) is 5.02 Å². The van der Waals surface area contributed by atoms with Crippen LogP contribution >= 0.6 is 11.6 Å². The van der Waals surface area contributed by atoms with Gasteiger partial charge in [-0.05, 0) is 45.4 Å². The molecule has 8 heteroatoms. The molecule has 0 unspecified atom stereocenters. The van der Waals surface area contributed by atoms with Gasteiger partial charge < -0.3 is 15.0 Å². The van der Waals surface area contributed by atoms with E-state index in [1.165, 1.54) is 0 Å². The maximum Gasteiger partial charge on any atom is 0.256 e. The zero-order valence-electron chi connectivity index (χ0n) is 16.7. The van der Waals surface area contributed by atoms with Crippen LogP contribution in [0.4, 0.5) is 5.69 Å². The number of morpholine rings is 1. The molecule has 1 aliphatic heterocycles. The third-order valence-electron chi connectivity index (χ3n) is 5.02. The van der Waals surface area contributed by atoms with Gasteiger partial charge in [-0.2, -0.15) is 5.10 Å². The van der Waals surface area contributed by atoms with Gasteiger partial charge in [-0.3, -0.25) is 14.3 Å². The average Bonchev–Trinajstić information content (AvgIpc) is 2.93. The molecule has 2 amide bonds. The number of aromatic nitrogens is 2. The van der Waals surface area contributed by atoms with Crippen molar-refractivity contribution in [1.82, 2.24) is 14.7 Å². The van der Waals surface area contributed by atoms with Gasteiger partial charge in [-0.1, -0.05) is 23.7 Å². The number of hydrogen-bond acceptors (Lipinski definition) is 4. The molecule has 1 fully saturated rings. The van der Waals surface area contributed by atoms with Crippen LogP contribution < -0.4 is 5.32 Å². The second-order valence-corrected chi connectivity index (χ2v) is 7.74. The molecule has 1 aliphatic rings. The van der Waals surface area contributed by atoms with E-state index in [9.17, 15) is 9.59 Å². The van der Waals surface area contributed by atoms with Crippen molar-refractivity contribution in [2.75, 3.05) is 19.0 Å². The standard InChI is InChI=1S/C20H25ClN4O3/c1-11(2)25-13(4)17(12(3)23-25)22-20(27)19-18(24(5)16(26)10-28-19)14-6-8-15(21)9-7-14/h6-9,11,18-19H,10H2,1-5H3,(H,22,27)/t18-,19+/m1/s1. The van der Waals surface area contributed by atoms with E-state index >= 15 is 0 Å². The van der Waals surface area contributed by atoms with Crippen molar-refractivity contribution in [2.24, 2.45) is 0 Å². The van der Waals surface area contributed by atoms with Crippen molar-refractivity contribution in [2.45, 2.75) is 45.9 Å². The fourth-order valence-electron chi connectivity index (χ4n) is 3.53. The van der Waals surface area contributed by atoms with Gasteiger partial charge in [0.25, 0.3) is 5.91 Å². The van der Waals surface area contributed by atoms with E-state index < -0.39 is 12.1 Å². The highest BCUT2D eigenvalue weighted by atomic mass is 35.5. The summed E-state index contributed by atoms with van der Waals surface area (Å²) in [7, 11) is 1.68. The number of halogens is 1. The van der Waals surface area contributed by atoms with Gasteiger partial charge in [0.1, 0.15) is 6.61 Å². The molecule has 2 atom stereocenters. The number of carbonyl (C=O) groups excluding carboxylic acids is 2. The predicted molar refractivity (Wildman–Crippen MR) is 107 cm³/mol. The second-order valence-electron chi connectivity index (χ2n) is 7.31. The van der Waals surface area contributed by atoms with E-state index in [1.54, 1.807) is 36.2 Å². The number of benzene rings is 1. The molecule has 1 aromatic carbocycles. The number of nitrogens with one attached hydrogen (secondary N) is 1. The third-order valence-corrected chi connectivity index (χ3v) is 5.27. The van der Waals surface area contributed by atoms with E-state index in [0.717, 1.165) is 17.0 Å². The normalized spacial score (nSPS) is 20.0. The molecule has 28 heavy (non-hydrogen) atoms. The first kappa shape index (κ1) is 20.4. The lowest BCUT2D eigenvalue weighted by atomic mass is 9.97. The molecule has 0 bridgehead atoms. The highest BCUT2D eigenvalue weighted by molar-refractivity contribution is 6.30.